The van der Waals surface area contributed by atoms with E-state index in [1.807, 2.05) is 18.3 Å². The van der Waals surface area contributed by atoms with Crippen LogP contribution in [0, 0.1) is 0 Å². The molecule has 1 heterocycles. The number of nitrogens with zero attached hydrogens (tertiary/aromatic N) is 1. The van der Waals surface area contributed by atoms with E-state index in [2.05, 4.69) is 18.0 Å². The maximum absolute atomic E-state index is 5.65. The molecule has 0 spiro atoms. The summed E-state index contributed by atoms with van der Waals surface area (Å²) >= 11 is 0. The molecule has 0 fully saturated rings. The van der Waals surface area contributed by atoms with E-state index in [9.17, 15) is 0 Å². The van der Waals surface area contributed by atoms with Crippen LogP contribution in [0.1, 0.15) is 24.8 Å². The van der Waals surface area contributed by atoms with E-state index in [4.69, 9.17) is 5.73 Å². The second-order valence-electron chi connectivity index (χ2n) is 3.27. The van der Waals surface area contributed by atoms with Gasteiger partial charge in [0.05, 0.1) is 5.69 Å². The van der Waals surface area contributed by atoms with Crippen LogP contribution in [0.15, 0.2) is 23.2 Å². The summed E-state index contributed by atoms with van der Waals surface area (Å²) in [5, 5.41) is 0. The number of hydrogen-bond acceptors (Lipinski definition) is 2. The molecule has 0 aromatic heterocycles. The summed E-state index contributed by atoms with van der Waals surface area (Å²) in [6.45, 7) is 2.21. The highest BCUT2D eigenvalue weighted by molar-refractivity contribution is 5.72. The second kappa shape index (κ2) is 2.63. The lowest BCUT2D eigenvalue weighted by molar-refractivity contribution is 0.802. The Morgan fingerprint density at radius 2 is 2.33 bits per heavy atom. The first-order valence-electron chi connectivity index (χ1n) is 4.19. The van der Waals surface area contributed by atoms with Crippen LogP contribution in [0.3, 0.4) is 0 Å². The molecular weight excluding hydrogens is 148 g/mol. The second-order valence-corrected chi connectivity index (χ2v) is 3.27. The zero-order chi connectivity index (χ0) is 8.55. The smallest absolute Gasteiger partial charge is 0.0680 e. The number of rotatable bonds is 0. The zero-order valence-corrected chi connectivity index (χ0v) is 7.12. The Labute approximate surface area is 72.1 Å². The Bertz CT molecular complexity index is 329. The van der Waals surface area contributed by atoms with Crippen LogP contribution in [0.5, 0.6) is 0 Å². The fourth-order valence-electron chi connectivity index (χ4n) is 1.53. The van der Waals surface area contributed by atoms with Gasteiger partial charge in [0.1, 0.15) is 0 Å². The molecule has 2 N–H and O–H groups in total. The van der Waals surface area contributed by atoms with Crippen molar-refractivity contribution in [3.8, 4) is 0 Å². The average molecular weight is 160 g/mol. The minimum absolute atomic E-state index is 0.582. The normalized spacial score (nSPS) is 20.6. The molecular formula is C10H12N2. The molecule has 62 valence electrons. The van der Waals surface area contributed by atoms with Gasteiger partial charge < -0.3 is 5.73 Å². The van der Waals surface area contributed by atoms with E-state index in [0.717, 1.165) is 17.8 Å². The Kier molecular flexibility index (Phi) is 1.61. The predicted molar refractivity (Wildman–Crippen MR) is 52.0 cm³/mol. The van der Waals surface area contributed by atoms with Crippen molar-refractivity contribution in [3.63, 3.8) is 0 Å². The molecule has 2 rings (SSSR count). The van der Waals surface area contributed by atoms with Crippen molar-refractivity contribution in [2.75, 3.05) is 5.73 Å². The maximum atomic E-state index is 5.65. The topological polar surface area (TPSA) is 38.4 Å². The van der Waals surface area contributed by atoms with E-state index in [1.165, 1.54) is 5.56 Å². The van der Waals surface area contributed by atoms with Gasteiger partial charge in [-0.05, 0) is 30.0 Å². The quantitative estimate of drug-likeness (QED) is 0.582. The van der Waals surface area contributed by atoms with Crippen LogP contribution < -0.4 is 5.73 Å². The van der Waals surface area contributed by atoms with Gasteiger partial charge in [0, 0.05) is 11.9 Å². The van der Waals surface area contributed by atoms with E-state index in [-0.39, 0.29) is 0 Å². The first-order valence-corrected chi connectivity index (χ1v) is 4.19. The minimum Gasteiger partial charge on any atom is -0.399 e. The van der Waals surface area contributed by atoms with Crippen molar-refractivity contribution in [2.24, 2.45) is 4.99 Å². The Morgan fingerprint density at radius 1 is 1.50 bits per heavy atom. The molecule has 2 heteroatoms. The summed E-state index contributed by atoms with van der Waals surface area (Å²) in [5.74, 6) is 0.582. The van der Waals surface area contributed by atoms with Crippen molar-refractivity contribution >= 4 is 17.6 Å². The lowest BCUT2D eigenvalue weighted by atomic mass is 9.94. The monoisotopic (exact) mass is 160 g/mol. The van der Waals surface area contributed by atoms with Gasteiger partial charge in [0.25, 0.3) is 0 Å². The molecule has 0 bridgehead atoms. The van der Waals surface area contributed by atoms with Crippen molar-refractivity contribution < 1.29 is 0 Å². The number of benzene rings is 1. The number of fused-ring (bicyclic) bond motifs is 1. The molecule has 12 heavy (non-hydrogen) atoms. The lowest BCUT2D eigenvalue weighted by Crippen LogP contribution is -2.00. The largest absolute Gasteiger partial charge is 0.399 e. The SMILES string of the molecule is CC1CC=Nc2cc(N)ccc21. The Balaban J connectivity index is 2.55. The highest BCUT2D eigenvalue weighted by Crippen LogP contribution is 2.33. The molecule has 1 aliphatic heterocycles. The number of hydrogen-bond donors (Lipinski definition) is 1. The third-order valence-electron chi connectivity index (χ3n) is 2.27. The number of anilines is 1. The Hall–Kier alpha value is -1.31. The summed E-state index contributed by atoms with van der Waals surface area (Å²) in [7, 11) is 0. The summed E-state index contributed by atoms with van der Waals surface area (Å²) in [6.07, 6.45) is 3.00. The van der Waals surface area contributed by atoms with Gasteiger partial charge >= 0.3 is 0 Å². The summed E-state index contributed by atoms with van der Waals surface area (Å²) < 4.78 is 0. The van der Waals surface area contributed by atoms with Gasteiger partial charge in [-0.1, -0.05) is 13.0 Å². The molecule has 0 aliphatic carbocycles. The highest BCUT2D eigenvalue weighted by Gasteiger charge is 2.12. The van der Waals surface area contributed by atoms with Gasteiger partial charge in [-0.3, -0.25) is 4.99 Å². The van der Waals surface area contributed by atoms with Crippen molar-refractivity contribution in [2.45, 2.75) is 19.3 Å². The summed E-state index contributed by atoms with van der Waals surface area (Å²) in [4.78, 5) is 4.30. The molecule has 0 radical (unpaired) electrons. The Morgan fingerprint density at radius 3 is 3.17 bits per heavy atom. The summed E-state index contributed by atoms with van der Waals surface area (Å²) in [6, 6.07) is 5.95. The minimum atomic E-state index is 0.582. The molecule has 1 aromatic rings. The van der Waals surface area contributed by atoms with E-state index >= 15 is 0 Å². The summed E-state index contributed by atoms with van der Waals surface area (Å²) in [5.41, 5.74) is 8.79. The standard InChI is InChI=1S/C10H12N2/c1-7-4-5-12-10-6-8(11)2-3-9(7)10/h2-3,5-7H,4,11H2,1H3. The van der Waals surface area contributed by atoms with Crippen LogP contribution in [-0.4, -0.2) is 6.21 Å². The molecule has 1 atom stereocenters. The van der Waals surface area contributed by atoms with Crippen molar-refractivity contribution in [3.05, 3.63) is 23.8 Å². The average Bonchev–Trinajstić information content (AvgIpc) is 2.04. The van der Waals surface area contributed by atoms with Crippen molar-refractivity contribution in [1.29, 1.82) is 0 Å². The van der Waals surface area contributed by atoms with Crippen LogP contribution in [0.25, 0.3) is 0 Å². The molecule has 0 saturated carbocycles. The van der Waals surface area contributed by atoms with Crippen LogP contribution in [0.4, 0.5) is 11.4 Å². The molecule has 0 saturated heterocycles. The van der Waals surface area contributed by atoms with Crippen molar-refractivity contribution in [1.82, 2.24) is 0 Å². The molecule has 0 amide bonds. The zero-order valence-electron chi connectivity index (χ0n) is 7.12. The number of nitrogen functional groups attached to an aromatic ring is 1. The van der Waals surface area contributed by atoms with Crippen LogP contribution >= 0.6 is 0 Å². The van der Waals surface area contributed by atoms with E-state index in [0.29, 0.717) is 5.92 Å². The van der Waals surface area contributed by atoms with Gasteiger partial charge in [-0.25, -0.2) is 0 Å². The fraction of sp³-hybridized carbons (Fsp3) is 0.300. The van der Waals surface area contributed by atoms with E-state index in [1.54, 1.807) is 0 Å². The van der Waals surface area contributed by atoms with Gasteiger partial charge in [-0.2, -0.15) is 0 Å². The van der Waals surface area contributed by atoms with Gasteiger partial charge in [0.15, 0.2) is 0 Å². The van der Waals surface area contributed by atoms with Crippen LogP contribution in [-0.2, 0) is 0 Å². The molecule has 2 nitrogen and oxygen atoms in total. The fourth-order valence-corrected chi connectivity index (χ4v) is 1.53. The molecule has 1 aromatic carbocycles. The number of aliphatic imine (C=N–C) groups is 1. The first kappa shape index (κ1) is 7.35. The predicted octanol–water partition coefficient (Wildman–Crippen LogP) is 2.48. The third-order valence-corrected chi connectivity index (χ3v) is 2.27. The maximum Gasteiger partial charge on any atom is 0.0680 e. The third kappa shape index (κ3) is 1.09. The van der Waals surface area contributed by atoms with Crippen LogP contribution in [0.2, 0.25) is 0 Å². The molecule has 1 unspecified atom stereocenters. The first-order chi connectivity index (χ1) is 5.77. The number of nitrogens with two attached hydrogens (primary N) is 1. The van der Waals surface area contributed by atoms with Gasteiger partial charge in [-0.15, -0.1) is 0 Å². The van der Waals surface area contributed by atoms with E-state index < -0.39 is 0 Å². The lowest BCUT2D eigenvalue weighted by Gasteiger charge is -2.16. The highest BCUT2D eigenvalue weighted by atomic mass is 14.7. The molecule has 1 aliphatic rings. The van der Waals surface area contributed by atoms with Gasteiger partial charge in [0.2, 0.25) is 0 Å².